The van der Waals surface area contributed by atoms with E-state index in [1.807, 2.05) is 42.6 Å². The maximum absolute atomic E-state index is 11.8. The molecule has 0 aliphatic carbocycles. The molecule has 1 heterocycles. The summed E-state index contributed by atoms with van der Waals surface area (Å²) in [6.45, 7) is 2.01. The van der Waals surface area contributed by atoms with Gasteiger partial charge in [-0.1, -0.05) is 18.2 Å². The monoisotopic (exact) mass is 313 g/mol. The number of pyridine rings is 1. The third-order valence-electron chi connectivity index (χ3n) is 3.45. The van der Waals surface area contributed by atoms with Gasteiger partial charge < -0.3 is 15.4 Å². The van der Waals surface area contributed by atoms with E-state index in [1.54, 1.807) is 13.3 Å². The third-order valence-corrected chi connectivity index (χ3v) is 3.45. The van der Waals surface area contributed by atoms with Gasteiger partial charge in [-0.2, -0.15) is 0 Å². The topological polar surface area (TPSA) is 63.2 Å². The van der Waals surface area contributed by atoms with Crippen molar-refractivity contribution in [2.45, 2.75) is 19.4 Å². The van der Waals surface area contributed by atoms with Crippen molar-refractivity contribution in [3.05, 3.63) is 59.9 Å². The zero-order valence-corrected chi connectivity index (χ0v) is 13.4. The van der Waals surface area contributed by atoms with Crippen molar-refractivity contribution >= 4 is 5.91 Å². The highest BCUT2D eigenvalue weighted by molar-refractivity contribution is 5.76. The average Bonchev–Trinajstić information content (AvgIpc) is 2.60. The smallest absolute Gasteiger partial charge is 0.221 e. The summed E-state index contributed by atoms with van der Waals surface area (Å²) in [5.41, 5.74) is 2.27. The number of ether oxygens (including phenoxy) is 1. The average molecular weight is 313 g/mol. The van der Waals surface area contributed by atoms with Crippen molar-refractivity contribution in [3.63, 3.8) is 0 Å². The molecule has 0 aliphatic rings. The Labute approximate surface area is 137 Å². The predicted octanol–water partition coefficient (Wildman–Crippen LogP) is 1.93. The normalized spacial score (nSPS) is 10.3. The van der Waals surface area contributed by atoms with Crippen LogP contribution >= 0.6 is 0 Å². The lowest BCUT2D eigenvalue weighted by atomic mass is 10.1. The number of benzene rings is 1. The van der Waals surface area contributed by atoms with Crippen LogP contribution in [0.4, 0.5) is 0 Å². The fraction of sp³-hybridized carbons (Fsp3) is 0.333. The molecule has 5 heteroatoms. The lowest BCUT2D eigenvalue weighted by molar-refractivity contribution is -0.120. The molecule has 2 rings (SSSR count). The molecule has 2 N–H and O–H groups in total. The van der Waals surface area contributed by atoms with Crippen LogP contribution in [-0.4, -0.2) is 31.1 Å². The van der Waals surface area contributed by atoms with Crippen molar-refractivity contribution in [1.82, 2.24) is 15.6 Å². The number of nitrogens with one attached hydrogen (secondary N) is 2. The van der Waals surface area contributed by atoms with Gasteiger partial charge in [-0.05, 0) is 35.7 Å². The van der Waals surface area contributed by atoms with E-state index < -0.39 is 0 Å². The molecule has 0 bridgehead atoms. The highest BCUT2D eigenvalue weighted by Crippen LogP contribution is 2.12. The van der Waals surface area contributed by atoms with Gasteiger partial charge in [-0.15, -0.1) is 0 Å². The van der Waals surface area contributed by atoms with Gasteiger partial charge in [0, 0.05) is 38.4 Å². The molecule has 1 aromatic heterocycles. The zero-order valence-electron chi connectivity index (χ0n) is 13.4. The summed E-state index contributed by atoms with van der Waals surface area (Å²) in [7, 11) is 1.65. The summed E-state index contributed by atoms with van der Waals surface area (Å²) in [5, 5.41) is 6.17. The number of aromatic nitrogens is 1. The first kappa shape index (κ1) is 17.0. The Morgan fingerprint density at radius 2 is 2.04 bits per heavy atom. The molecule has 0 saturated carbocycles. The Kier molecular flexibility index (Phi) is 7.07. The van der Waals surface area contributed by atoms with E-state index >= 15 is 0 Å². The highest BCUT2D eigenvalue weighted by Gasteiger charge is 2.01. The lowest BCUT2D eigenvalue weighted by Crippen LogP contribution is -2.29. The van der Waals surface area contributed by atoms with E-state index in [-0.39, 0.29) is 5.91 Å². The zero-order chi connectivity index (χ0) is 16.3. The summed E-state index contributed by atoms with van der Waals surface area (Å²) < 4.78 is 5.18. The number of nitrogens with zero attached hydrogens (tertiary/aromatic N) is 1. The molecule has 0 saturated heterocycles. The number of hydrogen-bond acceptors (Lipinski definition) is 4. The number of amides is 1. The van der Waals surface area contributed by atoms with E-state index in [2.05, 4.69) is 15.6 Å². The first-order valence-corrected chi connectivity index (χ1v) is 7.77. The number of methoxy groups -OCH3 is 1. The minimum atomic E-state index is 0.0617. The van der Waals surface area contributed by atoms with Crippen LogP contribution in [0.1, 0.15) is 17.5 Å². The van der Waals surface area contributed by atoms with Crippen LogP contribution in [0.3, 0.4) is 0 Å². The third kappa shape index (κ3) is 6.48. The fourth-order valence-corrected chi connectivity index (χ4v) is 2.20. The Hall–Kier alpha value is -2.40. The van der Waals surface area contributed by atoms with Crippen LogP contribution in [-0.2, 0) is 17.8 Å². The van der Waals surface area contributed by atoms with E-state index in [4.69, 9.17) is 4.74 Å². The van der Waals surface area contributed by atoms with Gasteiger partial charge in [0.05, 0.1) is 7.11 Å². The van der Waals surface area contributed by atoms with E-state index in [1.165, 1.54) is 0 Å². The molecule has 0 aliphatic heterocycles. The molecule has 1 amide bonds. The summed E-state index contributed by atoms with van der Waals surface area (Å²) >= 11 is 0. The Morgan fingerprint density at radius 3 is 2.83 bits per heavy atom. The number of hydrogen-bond donors (Lipinski definition) is 2. The molecule has 5 nitrogen and oxygen atoms in total. The van der Waals surface area contributed by atoms with Gasteiger partial charge in [0.2, 0.25) is 5.91 Å². The summed E-state index contributed by atoms with van der Waals surface area (Å²) in [6, 6.07) is 11.8. The highest BCUT2D eigenvalue weighted by atomic mass is 16.5. The molecule has 0 fully saturated rings. The van der Waals surface area contributed by atoms with Crippen LogP contribution in [0.25, 0.3) is 0 Å². The quantitative estimate of drug-likeness (QED) is 0.694. The summed E-state index contributed by atoms with van der Waals surface area (Å²) in [4.78, 5) is 15.8. The Morgan fingerprint density at radius 1 is 1.17 bits per heavy atom. The van der Waals surface area contributed by atoms with Crippen LogP contribution in [0.5, 0.6) is 5.75 Å². The minimum absolute atomic E-state index is 0.0617. The summed E-state index contributed by atoms with van der Waals surface area (Å²) in [5.74, 6) is 0.903. The molecule has 0 spiro atoms. The fourth-order valence-electron chi connectivity index (χ4n) is 2.20. The van der Waals surface area contributed by atoms with Crippen molar-refractivity contribution in [2.75, 3.05) is 20.2 Å². The van der Waals surface area contributed by atoms with Gasteiger partial charge in [0.1, 0.15) is 5.75 Å². The minimum Gasteiger partial charge on any atom is -0.497 e. The molecular weight excluding hydrogens is 290 g/mol. The van der Waals surface area contributed by atoms with Gasteiger partial charge in [-0.3, -0.25) is 9.78 Å². The SMILES string of the molecule is COc1cccc(CCNC(=O)CCNCc2cccnc2)c1. The van der Waals surface area contributed by atoms with E-state index in [9.17, 15) is 4.79 Å². The molecule has 0 unspecified atom stereocenters. The molecule has 1 aromatic carbocycles. The van der Waals surface area contributed by atoms with Gasteiger partial charge in [-0.25, -0.2) is 0 Å². The second-order valence-electron chi connectivity index (χ2n) is 5.24. The van der Waals surface area contributed by atoms with Crippen molar-refractivity contribution in [3.8, 4) is 5.75 Å². The number of carbonyl (C=O) groups excluding carboxylic acids is 1. The Balaban J connectivity index is 1.58. The lowest BCUT2D eigenvalue weighted by Gasteiger charge is -2.07. The van der Waals surface area contributed by atoms with Gasteiger partial charge in [0.25, 0.3) is 0 Å². The predicted molar refractivity (Wildman–Crippen MR) is 90.3 cm³/mol. The molecule has 0 radical (unpaired) electrons. The largest absolute Gasteiger partial charge is 0.497 e. The molecule has 2 aromatic rings. The number of rotatable bonds is 9. The second-order valence-corrected chi connectivity index (χ2v) is 5.24. The molecule has 0 atom stereocenters. The van der Waals surface area contributed by atoms with E-state index in [0.29, 0.717) is 19.5 Å². The van der Waals surface area contributed by atoms with E-state index in [0.717, 1.165) is 29.8 Å². The molecular formula is C18H23N3O2. The molecule has 23 heavy (non-hydrogen) atoms. The van der Waals surface area contributed by atoms with Gasteiger partial charge >= 0.3 is 0 Å². The maximum atomic E-state index is 11.8. The standard InChI is InChI=1S/C18H23N3O2/c1-23-17-6-2-4-15(12-17)7-11-21-18(22)8-10-20-14-16-5-3-9-19-13-16/h2-6,9,12-13,20H,7-8,10-11,14H2,1H3,(H,21,22). The van der Waals surface area contributed by atoms with Crippen molar-refractivity contribution in [1.29, 1.82) is 0 Å². The second kappa shape index (κ2) is 9.58. The maximum Gasteiger partial charge on any atom is 0.221 e. The molecule has 122 valence electrons. The van der Waals surface area contributed by atoms with Crippen LogP contribution in [0.2, 0.25) is 0 Å². The van der Waals surface area contributed by atoms with Crippen molar-refractivity contribution < 1.29 is 9.53 Å². The first-order valence-electron chi connectivity index (χ1n) is 7.77. The first-order chi connectivity index (χ1) is 11.3. The van der Waals surface area contributed by atoms with Crippen molar-refractivity contribution in [2.24, 2.45) is 0 Å². The summed E-state index contributed by atoms with van der Waals surface area (Å²) in [6.07, 6.45) is 4.84. The van der Waals surface area contributed by atoms with Crippen LogP contribution in [0, 0.1) is 0 Å². The Bertz CT molecular complexity index is 602. The number of carbonyl (C=O) groups is 1. The van der Waals surface area contributed by atoms with Gasteiger partial charge in [0.15, 0.2) is 0 Å². The van der Waals surface area contributed by atoms with Crippen LogP contribution < -0.4 is 15.4 Å². The van der Waals surface area contributed by atoms with Crippen LogP contribution in [0.15, 0.2) is 48.8 Å².